The molecule has 0 saturated heterocycles. The molecule has 0 fully saturated rings. The molecule has 0 saturated carbocycles. The molecule has 100 valence electrons. The first-order valence-electron chi connectivity index (χ1n) is 6.21. The number of H-pyrrole nitrogens is 1. The summed E-state index contributed by atoms with van der Waals surface area (Å²) in [4.78, 5) is 7.73. The Morgan fingerprint density at radius 1 is 1.10 bits per heavy atom. The third kappa shape index (κ3) is 2.67. The van der Waals surface area contributed by atoms with Crippen LogP contribution in [0, 0.1) is 0 Å². The van der Waals surface area contributed by atoms with Crippen LogP contribution >= 0.6 is 11.8 Å². The fourth-order valence-electron chi connectivity index (χ4n) is 1.93. The summed E-state index contributed by atoms with van der Waals surface area (Å²) in [6.45, 7) is 0. The summed E-state index contributed by atoms with van der Waals surface area (Å²) < 4.78 is 0. The lowest BCUT2D eigenvalue weighted by Gasteiger charge is -2.02. The zero-order valence-corrected chi connectivity index (χ0v) is 11.5. The van der Waals surface area contributed by atoms with Crippen molar-refractivity contribution in [3.05, 3.63) is 60.2 Å². The highest BCUT2D eigenvalue weighted by Crippen LogP contribution is 2.20. The Morgan fingerprint density at radius 2 is 1.85 bits per heavy atom. The number of benzene rings is 2. The molecular weight excluding hydrogens is 270 g/mol. The number of thioether (sulfide) groups is 1. The van der Waals surface area contributed by atoms with Crippen LogP contribution in [0.5, 0.6) is 0 Å². The summed E-state index contributed by atoms with van der Waals surface area (Å²) in [6.07, 6.45) is 0. The third-order valence-corrected chi connectivity index (χ3v) is 3.83. The number of nitrogens with one attached hydrogen (secondary N) is 1. The highest BCUT2D eigenvalue weighted by atomic mass is 32.2. The van der Waals surface area contributed by atoms with Gasteiger partial charge in [-0.3, -0.25) is 0 Å². The van der Waals surface area contributed by atoms with Gasteiger partial charge in [-0.2, -0.15) is 0 Å². The predicted octanol–water partition coefficient (Wildman–Crippen LogP) is 3.53. The molecule has 5 heteroatoms. The van der Waals surface area contributed by atoms with Gasteiger partial charge < -0.3 is 10.2 Å². The number of aromatic amines is 1. The number of hydrogen-bond acceptors (Lipinski definition) is 4. The minimum absolute atomic E-state index is 0.556. The Morgan fingerprint density at radius 3 is 2.60 bits per heavy atom. The molecule has 3 rings (SSSR count). The van der Waals surface area contributed by atoms with Crippen LogP contribution in [0.1, 0.15) is 5.56 Å². The van der Waals surface area contributed by atoms with Crippen LogP contribution in [-0.2, 0) is 0 Å². The van der Waals surface area contributed by atoms with E-state index in [1.54, 1.807) is 0 Å². The molecule has 0 amide bonds. The fraction of sp³-hybridized carbons (Fsp3) is 0.0667. The van der Waals surface area contributed by atoms with Crippen molar-refractivity contribution >= 4 is 28.5 Å². The molecule has 2 aromatic carbocycles. The molecule has 0 aliphatic heterocycles. The zero-order chi connectivity index (χ0) is 13.8. The average molecular weight is 283 g/mol. The second-order valence-corrected chi connectivity index (χ2v) is 5.22. The number of fused-ring (bicyclic) bond motifs is 1. The monoisotopic (exact) mass is 283 g/mol. The number of oxime groups is 1. The number of rotatable bonds is 4. The van der Waals surface area contributed by atoms with Crippen LogP contribution in [0.4, 0.5) is 0 Å². The van der Waals surface area contributed by atoms with E-state index in [2.05, 4.69) is 15.1 Å². The van der Waals surface area contributed by atoms with Crippen molar-refractivity contribution in [2.45, 2.75) is 5.16 Å². The van der Waals surface area contributed by atoms with Gasteiger partial charge in [0, 0.05) is 11.3 Å². The molecule has 3 aromatic rings. The second kappa shape index (κ2) is 5.79. The van der Waals surface area contributed by atoms with E-state index in [0.29, 0.717) is 11.5 Å². The van der Waals surface area contributed by atoms with E-state index in [0.717, 1.165) is 21.8 Å². The zero-order valence-electron chi connectivity index (χ0n) is 10.7. The highest BCUT2D eigenvalue weighted by Gasteiger charge is 2.07. The van der Waals surface area contributed by atoms with E-state index in [-0.39, 0.29) is 0 Å². The Labute approximate surface area is 120 Å². The molecule has 2 N–H and O–H groups in total. The first-order chi connectivity index (χ1) is 9.86. The molecule has 0 spiro atoms. The molecule has 1 aromatic heterocycles. The van der Waals surface area contributed by atoms with Crippen LogP contribution in [0.15, 0.2) is 64.9 Å². The van der Waals surface area contributed by atoms with E-state index >= 15 is 0 Å². The first-order valence-corrected chi connectivity index (χ1v) is 7.19. The van der Waals surface area contributed by atoms with Gasteiger partial charge in [0.05, 0.1) is 16.7 Å². The van der Waals surface area contributed by atoms with E-state index in [4.69, 9.17) is 5.21 Å². The van der Waals surface area contributed by atoms with Gasteiger partial charge in [-0.1, -0.05) is 59.4 Å². The number of hydrogen-bond donors (Lipinski definition) is 2. The Hall–Kier alpha value is -2.27. The maximum Gasteiger partial charge on any atom is 0.166 e. The van der Waals surface area contributed by atoms with Crippen molar-refractivity contribution < 1.29 is 5.21 Å². The van der Waals surface area contributed by atoms with Gasteiger partial charge in [-0.05, 0) is 12.1 Å². The maximum absolute atomic E-state index is 9.14. The summed E-state index contributed by atoms with van der Waals surface area (Å²) in [5.41, 5.74) is 3.50. The van der Waals surface area contributed by atoms with Gasteiger partial charge >= 0.3 is 0 Å². The van der Waals surface area contributed by atoms with Crippen LogP contribution in [0.25, 0.3) is 11.0 Å². The van der Waals surface area contributed by atoms with Crippen molar-refractivity contribution in [2.75, 3.05) is 5.75 Å². The molecule has 0 radical (unpaired) electrons. The molecule has 20 heavy (non-hydrogen) atoms. The lowest BCUT2D eigenvalue weighted by atomic mass is 10.1. The Kier molecular flexibility index (Phi) is 3.69. The lowest BCUT2D eigenvalue weighted by molar-refractivity contribution is 0.319. The normalized spacial score (nSPS) is 11.9. The second-order valence-electron chi connectivity index (χ2n) is 4.26. The summed E-state index contributed by atoms with van der Waals surface area (Å²) in [6, 6.07) is 17.5. The quantitative estimate of drug-likeness (QED) is 0.333. The number of para-hydroxylation sites is 2. The largest absolute Gasteiger partial charge is 0.411 e. The minimum atomic E-state index is 0.556. The Bertz CT molecular complexity index is 704. The van der Waals surface area contributed by atoms with E-state index in [9.17, 15) is 0 Å². The van der Waals surface area contributed by atoms with Gasteiger partial charge in [0.2, 0.25) is 0 Å². The molecule has 0 aliphatic carbocycles. The summed E-state index contributed by atoms with van der Waals surface area (Å²) >= 11 is 1.52. The number of aromatic nitrogens is 2. The summed E-state index contributed by atoms with van der Waals surface area (Å²) in [7, 11) is 0. The SMILES string of the molecule is ON=C(CSc1nc2ccccc2[nH]1)c1ccccc1. The van der Waals surface area contributed by atoms with Crippen molar-refractivity contribution in [1.82, 2.24) is 9.97 Å². The third-order valence-electron chi connectivity index (χ3n) is 2.94. The number of nitrogens with zero attached hydrogens (tertiary/aromatic N) is 2. The summed E-state index contributed by atoms with van der Waals surface area (Å²) in [5, 5.41) is 13.3. The maximum atomic E-state index is 9.14. The van der Waals surface area contributed by atoms with Crippen molar-refractivity contribution in [3.8, 4) is 0 Å². The summed E-state index contributed by atoms with van der Waals surface area (Å²) in [5.74, 6) is 0.556. The fourth-order valence-corrected chi connectivity index (χ4v) is 2.78. The van der Waals surface area contributed by atoms with Crippen molar-refractivity contribution in [1.29, 1.82) is 0 Å². The molecule has 1 heterocycles. The molecule has 0 unspecified atom stereocenters. The molecule has 0 bridgehead atoms. The van der Waals surface area contributed by atoms with E-state index in [1.165, 1.54) is 11.8 Å². The van der Waals surface area contributed by atoms with Crippen LogP contribution < -0.4 is 0 Å². The Balaban J connectivity index is 1.75. The molecule has 0 atom stereocenters. The van der Waals surface area contributed by atoms with Crippen LogP contribution in [0.2, 0.25) is 0 Å². The molecule has 4 nitrogen and oxygen atoms in total. The van der Waals surface area contributed by atoms with Crippen LogP contribution in [-0.4, -0.2) is 26.6 Å². The van der Waals surface area contributed by atoms with Crippen molar-refractivity contribution in [3.63, 3.8) is 0 Å². The average Bonchev–Trinajstić information content (AvgIpc) is 2.92. The first kappa shape index (κ1) is 12.7. The standard InChI is InChI=1S/C15H13N3OS/c19-18-14(11-6-2-1-3-7-11)10-20-15-16-12-8-4-5-9-13(12)17-15/h1-9,19H,10H2,(H,16,17). The number of imidazole rings is 1. The predicted molar refractivity (Wildman–Crippen MR) is 81.6 cm³/mol. The van der Waals surface area contributed by atoms with E-state index < -0.39 is 0 Å². The van der Waals surface area contributed by atoms with Gasteiger partial charge in [0.15, 0.2) is 5.16 Å². The lowest BCUT2D eigenvalue weighted by Crippen LogP contribution is -2.04. The smallest absolute Gasteiger partial charge is 0.166 e. The minimum Gasteiger partial charge on any atom is -0.411 e. The van der Waals surface area contributed by atoms with Gasteiger partial charge in [0.25, 0.3) is 0 Å². The van der Waals surface area contributed by atoms with Crippen molar-refractivity contribution in [2.24, 2.45) is 5.16 Å². The highest BCUT2D eigenvalue weighted by molar-refractivity contribution is 7.99. The molecule has 0 aliphatic rings. The van der Waals surface area contributed by atoms with Gasteiger partial charge in [-0.15, -0.1) is 0 Å². The van der Waals surface area contributed by atoms with Gasteiger partial charge in [-0.25, -0.2) is 4.98 Å². The van der Waals surface area contributed by atoms with Gasteiger partial charge in [0.1, 0.15) is 0 Å². The topological polar surface area (TPSA) is 61.3 Å². The molecular formula is C15H13N3OS. The van der Waals surface area contributed by atoms with Crippen LogP contribution in [0.3, 0.4) is 0 Å². The van der Waals surface area contributed by atoms with E-state index in [1.807, 2.05) is 54.6 Å².